The highest BCUT2D eigenvalue weighted by Crippen LogP contribution is 2.25. The number of unbranched alkanes of at least 4 members (excludes halogenated alkanes) is 40. The second-order valence-electron chi connectivity index (χ2n) is 23.0. The molecule has 0 aliphatic carbocycles. The fraction of sp³-hybridized carbons (Fsp3) is 0.923. The Morgan fingerprint density at radius 2 is 0.532 bits per heavy atom. The van der Waals surface area contributed by atoms with E-state index in [0.29, 0.717) is 25.7 Å². The van der Waals surface area contributed by atoms with Gasteiger partial charge in [-0.15, -0.1) is 0 Å². The topological polar surface area (TPSA) is 172 Å². The smallest absolute Gasteiger partial charge is 0.339 e. The summed E-state index contributed by atoms with van der Waals surface area (Å²) >= 11 is 0. The van der Waals surface area contributed by atoms with Gasteiger partial charge in [0.1, 0.15) is 19.8 Å². The van der Waals surface area contributed by atoms with Crippen LogP contribution in [0.4, 0.5) is 0 Å². The van der Waals surface area contributed by atoms with E-state index in [-0.39, 0.29) is 26.1 Å². The molecule has 0 aliphatic heterocycles. The van der Waals surface area contributed by atoms with Gasteiger partial charge in [0.15, 0.2) is 5.60 Å². The molecule has 1 atom stereocenters. The molecule has 454 valence electrons. The van der Waals surface area contributed by atoms with E-state index in [4.69, 9.17) is 23.7 Å². The van der Waals surface area contributed by atoms with Crippen LogP contribution in [0.5, 0.6) is 0 Å². The SMILES string of the molecule is CCCCCCCCCCCCCCCCCCOC(=O)CC(O)(CC(=O)OCC(CO)(COC(=O)CCCCCCCC)COC(=O)CCCCCCCC)C(=O)OCCCCCCCCCCCCCCCCCC. The van der Waals surface area contributed by atoms with Gasteiger partial charge in [-0.1, -0.05) is 285 Å². The third kappa shape index (κ3) is 47.8. The maximum atomic E-state index is 13.6. The van der Waals surface area contributed by atoms with Crippen LogP contribution in [0.15, 0.2) is 0 Å². The van der Waals surface area contributed by atoms with Gasteiger partial charge in [0.25, 0.3) is 0 Å². The Morgan fingerprint density at radius 3 is 0.818 bits per heavy atom. The van der Waals surface area contributed by atoms with Gasteiger partial charge in [-0.3, -0.25) is 19.2 Å². The fourth-order valence-electron chi connectivity index (χ4n) is 9.78. The predicted molar refractivity (Wildman–Crippen MR) is 314 cm³/mol. The second kappa shape index (κ2) is 55.2. The van der Waals surface area contributed by atoms with Gasteiger partial charge in [-0.25, -0.2) is 4.79 Å². The minimum Gasteiger partial charge on any atom is -0.466 e. The van der Waals surface area contributed by atoms with E-state index in [9.17, 15) is 34.2 Å². The lowest BCUT2D eigenvalue weighted by molar-refractivity contribution is -0.180. The maximum Gasteiger partial charge on any atom is 0.339 e. The van der Waals surface area contributed by atoms with Crippen LogP contribution in [0.1, 0.15) is 336 Å². The van der Waals surface area contributed by atoms with E-state index in [0.717, 1.165) is 103 Å². The van der Waals surface area contributed by atoms with Crippen molar-refractivity contribution in [1.29, 1.82) is 0 Å². The van der Waals surface area contributed by atoms with Crippen LogP contribution < -0.4 is 0 Å². The number of ether oxygens (including phenoxy) is 5. The van der Waals surface area contributed by atoms with E-state index in [2.05, 4.69) is 27.7 Å². The quantitative estimate of drug-likeness (QED) is 0.0336. The molecule has 0 fully saturated rings. The highest BCUT2D eigenvalue weighted by atomic mass is 16.6. The molecule has 1 unspecified atom stereocenters. The molecule has 0 amide bonds. The van der Waals surface area contributed by atoms with Gasteiger partial charge in [-0.2, -0.15) is 0 Å². The fourth-order valence-corrected chi connectivity index (χ4v) is 9.78. The molecule has 12 heteroatoms. The minimum absolute atomic E-state index is 0.0186. The summed E-state index contributed by atoms with van der Waals surface area (Å²) in [4.78, 5) is 66.1. The zero-order valence-electron chi connectivity index (χ0n) is 50.7. The van der Waals surface area contributed by atoms with E-state index in [1.165, 1.54) is 154 Å². The number of rotatable bonds is 60. The monoisotopic (exact) mass is 1090 g/mol. The molecule has 77 heavy (non-hydrogen) atoms. The average Bonchev–Trinajstić information content (AvgIpc) is 3.42. The summed E-state index contributed by atoms with van der Waals surface area (Å²) in [6.07, 6.45) is 49.1. The number of esters is 5. The Hall–Kier alpha value is -2.73. The molecule has 0 rings (SSSR count). The van der Waals surface area contributed by atoms with E-state index in [1.54, 1.807) is 0 Å². The molecule has 0 heterocycles. The molecule has 0 saturated heterocycles. The van der Waals surface area contributed by atoms with Crippen molar-refractivity contribution in [1.82, 2.24) is 0 Å². The molecule has 0 aromatic rings. The zero-order valence-corrected chi connectivity index (χ0v) is 50.7. The maximum absolute atomic E-state index is 13.6. The molecule has 0 saturated carbocycles. The Bertz CT molecular complexity index is 1340. The summed E-state index contributed by atoms with van der Waals surface area (Å²) in [5, 5.41) is 22.5. The lowest BCUT2D eigenvalue weighted by Gasteiger charge is -2.31. The summed E-state index contributed by atoms with van der Waals surface area (Å²) in [5.41, 5.74) is -4.09. The molecule has 0 bridgehead atoms. The predicted octanol–water partition coefficient (Wildman–Crippen LogP) is 17.2. The van der Waals surface area contributed by atoms with Crippen LogP contribution in [-0.4, -0.2) is 85.3 Å². The molecule has 0 aromatic carbocycles. The van der Waals surface area contributed by atoms with Crippen LogP contribution in [0.3, 0.4) is 0 Å². The number of aliphatic hydroxyl groups is 2. The lowest BCUT2D eigenvalue weighted by Crippen LogP contribution is -2.46. The summed E-state index contributed by atoms with van der Waals surface area (Å²) in [7, 11) is 0. The summed E-state index contributed by atoms with van der Waals surface area (Å²) in [6.45, 7) is 6.94. The first-order valence-electron chi connectivity index (χ1n) is 32.6. The summed E-state index contributed by atoms with van der Waals surface area (Å²) in [5.74, 6) is -3.97. The first kappa shape index (κ1) is 74.3. The van der Waals surface area contributed by atoms with Gasteiger partial charge in [0, 0.05) is 12.8 Å². The molecule has 2 N–H and O–H groups in total. The van der Waals surface area contributed by atoms with Gasteiger partial charge >= 0.3 is 29.8 Å². The number of carbonyl (C=O) groups is 5. The number of aliphatic hydroxyl groups excluding tert-OH is 1. The van der Waals surface area contributed by atoms with Crippen LogP contribution in [-0.2, 0) is 47.7 Å². The summed E-state index contributed by atoms with van der Waals surface area (Å²) < 4.78 is 27.8. The van der Waals surface area contributed by atoms with Gasteiger partial charge in [-0.05, 0) is 25.7 Å². The van der Waals surface area contributed by atoms with Crippen molar-refractivity contribution in [2.24, 2.45) is 5.41 Å². The standard InChI is InChI=1S/C65H122O12/c1-5-9-13-17-21-23-25-27-29-31-33-35-37-39-43-47-51-73-61(69)53-65(72,63(71)74-52-48-44-40-38-36-34-32-30-28-26-24-22-18-14-10-6-2)54-62(70)77-58-64(55-66,56-75-59(67)49-45-41-19-15-11-7-3)57-76-60(68)50-46-42-20-16-12-8-4/h66,72H,5-58H2,1-4H3. The van der Waals surface area contributed by atoms with Crippen molar-refractivity contribution < 1.29 is 57.9 Å². The summed E-state index contributed by atoms with van der Waals surface area (Å²) in [6, 6.07) is 0. The molecule has 0 aromatic heterocycles. The normalized spacial score (nSPS) is 12.3. The van der Waals surface area contributed by atoms with Crippen molar-refractivity contribution >= 4 is 29.8 Å². The Labute approximate surface area is 472 Å². The van der Waals surface area contributed by atoms with Crippen LogP contribution in [0.25, 0.3) is 0 Å². The number of hydrogen-bond donors (Lipinski definition) is 2. The van der Waals surface area contributed by atoms with Crippen molar-refractivity contribution in [3.05, 3.63) is 0 Å². The molecule has 0 spiro atoms. The van der Waals surface area contributed by atoms with Crippen molar-refractivity contribution in [2.45, 2.75) is 341 Å². The minimum atomic E-state index is -2.58. The van der Waals surface area contributed by atoms with Crippen molar-refractivity contribution in [3.8, 4) is 0 Å². The first-order chi connectivity index (χ1) is 37.5. The van der Waals surface area contributed by atoms with Crippen molar-refractivity contribution in [3.63, 3.8) is 0 Å². The van der Waals surface area contributed by atoms with Crippen LogP contribution >= 0.6 is 0 Å². The Morgan fingerprint density at radius 1 is 0.299 bits per heavy atom. The highest BCUT2D eigenvalue weighted by Gasteiger charge is 2.44. The molecular weight excluding hydrogens is 973 g/mol. The average molecular weight is 1100 g/mol. The lowest BCUT2D eigenvalue weighted by atomic mass is 9.92. The number of hydrogen-bond acceptors (Lipinski definition) is 12. The van der Waals surface area contributed by atoms with Crippen LogP contribution in [0, 0.1) is 5.41 Å². The highest BCUT2D eigenvalue weighted by molar-refractivity contribution is 5.90. The Balaban J connectivity index is 5.41. The Kier molecular flexibility index (Phi) is 53.2. The largest absolute Gasteiger partial charge is 0.466 e. The number of carbonyl (C=O) groups excluding carboxylic acids is 5. The second-order valence-corrected chi connectivity index (χ2v) is 23.0. The third-order valence-corrected chi connectivity index (χ3v) is 15.2. The zero-order chi connectivity index (χ0) is 56.6. The van der Waals surface area contributed by atoms with Gasteiger partial charge < -0.3 is 33.9 Å². The molecule has 12 nitrogen and oxygen atoms in total. The molecule has 0 aliphatic rings. The molecular formula is C65H122O12. The first-order valence-corrected chi connectivity index (χ1v) is 32.6. The van der Waals surface area contributed by atoms with E-state index < -0.39 is 80.1 Å². The van der Waals surface area contributed by atoms with Crippen molar-refractivity contribution in [2.75, 3.05) is 39.6 Å². The van der Waals surface area contributed by atoms with Crippen LogP contribution in [0.2, 0.25) is 0 Å². The van der Waals surface area contributed by atoms with E-state index in [1.807, 2.05) is 0 Å². The van der Waals surface area contributed by atoms with E-state index >= 15 is 0 Å². The third-order valence-electron chi connectivity index (χ3n) is 15.2. The van der Waals surface area contributed by atoms with Gasteiger partial charge in [0.2, 0.25) is 0 Å². The molecule has 0 radical (unpaired) electrons. The van der Waals surface area contributed by atoms with Gasteiger partial charge in [0.05, 0.1) is 38.1 Å².